The molecule has 13 heavy (non-hydrogen) atoms. The van der Waals surface area contributed by atoms with E-state index in [1.807, 2.05) is 0 Å². The molecular formula is C10H18N2S. The Bertz CT molecular complexity index is 255. The average Bonchev–Trinajstić information content (AvgIpc) is 2.53. The van der Waals surface area contributed by atoms with Crippen molar-refractivity contribution in [1.29, 1.82) is 0 Å². The van der Waals surface area contributed by atoms with E-state index >= 15 is 0 Å². The van der Waals surface area contributed by atoms with E-state index in [0.717, 1.165) is 6.42 Å². The van der Waals surface area contributed by atoms with Crippen molar-refractivity contribution in [3.8, 4) is 0 Å². The van der Waals surface area contributed by atoms with E-state index in [4.69, 9.17) is 5.84 Å². The zero-order valence-electron chi connectivity index (χ0n) is 8.50. The Morgan fingerprint density at radius 1 is 1.54 bits per heavy atom. The van der Waals surface area contributed by atoms with Gasteiger partial charge in [0.2, 0.25) is 0 Å². The van der Waals surface area contributed by atoms with E-state index in [0.29, 0.717) is 12.0 Å². The Morgan fingerprint density at radius 3 is 2.69 bits per heavy atom. The molecule has 1 rings (SSSR count). The van der Waals surface area contributed by atoms with Gasteiger partial charge in [0.1, 0.15) is 0 Å². The first-order valence-corrected chi connectivity index (χ1v) is 5.61. The van der Waals surface area contributed by atoms with Crippen LogP contribution in [0, 0.1) is 5.92 Å². The fraction of sp³-hybridized carbons (Fsp3) is 0.600. The summed E-state index contributed by atoms with van der Waals surface area (Å²) in [6.45, 7) is 6.55. The zero-order valence-corrected chi connectivity index (χ0v) is 9.32. The molecule has 0 aliphatic rings. The van der Waals surface area contributed by atoms with Crippen LogP contribution in [-0.2, 0) is 6.42 Å². The maximum absolute atomic E-state index is 5.55. The number of nitrogens with two attached hydrogens (primary N) is 1. The molecule has 0 fully saturated rings. The van der Waals surface area contributed by atoms with Crippen LogP contribution in [0.15, 0.2) is 11.4 Å². The monoisotopic (exact) mass is 198 g/mol. The predicted molar refractivity (Wildman–Crippen MR) is 58.6 cm³/mol. The van der Waals surface area contributed by atoms with Crippen molar-refractivity contribution in [2.45, 2.75) is 33.2 Å². The summed E-state index contributed by atoms with van der Waals surface area (Å²) in [5.41, 5.74) is 4.31. The van der Waals surface area contributed by atoms with Crippen molar-refractivity contribution in [1.82, 2.24) is 5.43 Å². The first-order valence-electron chi connectivity index (χ1n) is 4.73. The van der Waals surface area contributed by atoms with Gasteiger partial charge in [-0.15, -0.1) is 11.3 Å². The van der Waals surface area contributed by atoms with Crippen molar-refractivity contribution in [2.75, 3.05) is 0 Å². The highest BCUT2D eigenvalue weighted by atomic mass is 32.1. The van der Waals surface area contributed by atoms with Crippen molar-refractivity contribution in [3.05, 3.63) is 21.9 Å². The summed E-state index contributed by atoms with van der Waals surface area (Å²) < 4.78 is 0. The molecule has 1 atom stereocenters. The van der Waals surface area contributed by atoms with Crippen LogP contribution >= 0.6 is 11.3 Å². The van der Waals surface area contributed by atoms with Gasteiger partial charge in [0.05, 0.1) is 6.04 Å². The lowest BCUT2D eigenvalue weighted by atomic mass is 10.00. The average molecular weight is 198 g/mol. The number of thiophene rings is 1. The number of hydrogen-bond acceptors (Lipinski definition) is 3. The topological polar surface area (TPSA) is 38.0 Å². The third kappa shape index (κ3) is 2.30. The van der Waals surface area contributed by atoms with Crippen LogP contribution in [-0.4, -0.2) is 0 Å². The Morgan fingerprint density at radius 2 is 2.23 bits per heavy atom. The molecule has 0 amide bonds. The van der Waals surface area contributed by atoms with E-state index in [1.165, 1.54) is 10.4 Å². The van der Waals surface area contributed by atoms with Crippen LogP contribution in [0.5, 0.6) is 0 Å². The van der Waals surface area contributed by atoms with Gasteiger partial charge in [0.25, 0.3) is 0 Å². The lowest BCUT2D eigenvalue weighted by molar-refractivity contribution is 0.425. The van der Waals surface area contributed by atoms with E-state index in [9.17, 15) is 0 Å². The quantitative estimate of drug-likeness (QED) is 0.576. The molecule has 1 aromatic rings. The maximum Gasteiger partial charge on any atom is 0.0578 e. The van der Waals surface area contributed by atoms with Gasteiger partial charge < -0.3 is 0 Å². The third-order valence-electron chi connectivity index (χ3n) is 2.29. The van der Waals surface area contributed by atoms with Gasteiger partial charge in [-0.05, 0) is 29.3 Å². The summed E-state index contributed by atoms with van der Waals surface area (Å²) >= 11 is 1.79. The second kappa shape index (κ2) is 4.74. The standard InChI is InChI=1S/C10H18N2S/c1-4-8-5-6-13-10(8)9(12-11)7(2)3/h5-7,9,12H,4,11H2,1-3H3. The summed E-state index contributed by atoms with van der Waals surface area (Å²) in [5, 5.41) is 2.14. The number of hydrogen-bond donors (Lipinski definition) is 2. The minimum Gasteiger partial charge on any atom is -0.271 e. The summed E-state index contributed by atoms with van der Waals surface area (Å²) in [4.78, 5) is 1.39. The number of aryl methyl sites for hydroxylation is 1. The van der Waals surface area contributed by atoms with Crippen LogP contribution in [0.25, 0.3) is 0 Å². The van der Waals surface area contributed by atoms with E-state index in [-0.39, 0.29) is 0 Å². The Hall–Kier alpha value is -0.380. The van der Waals surface area contributed by atoms with E-state index in [1.54, 1.807) is 11.3 Å². The largest absolute Gasteiger partial charge is 0.271 e. The highest BCUT2D eigenvalue weighted by Gasteiger charge is 2.17. The lowest BCUT2D eigenvalue weighted by Crippen LogP contribution is -2.31. The molecule has 3 N–H and O–H groups in total. The Balaban J connectivity index is 2.90. The van der Waals surface area contributed by atoms with Gasteiger partial charge in [0.15, 0.2) is 0 Å². The molecular weight excluding hydrogens is 180 g/mol. The summed E-state index contributed by atoms with van der Waals surface area (Å²) in [7, 11) is 0. The molecule has 0 aliphatic heterocycles. The first-order chi connectivity index (χ1) is 6.20. The normalized spacial score (nSPS) is 13.6. The van der Waals surface area contributed by atoms with Crippen LogP contribution in [0.4, 0.5) is 0 Å². The molecule has 0 aliphatic carbocycles. The molecule has 0 bridgehead atoms. The van der Waals surface area contributed by atoms with Gasteiger partial charge >= 0.3 is 0 Å². The lowest BCUT2D eigenvalue weighted by Gasteiger charge is -2.19. The molecule has 0 aromatic carbocycles. The zero-order chi connectivity index (χ0) is 9.84. The van der Waals surface area contributed by atoms with E-state index < -0.39 is 0 Å². The number of nitrogens with one attached hydrogen (secondary N) is 1. The van der Waals surface area contributed by atoms with Crippen LogP contribution in [0.1, 0.15) is 37.3 Å². The highest BCUT2D eigenvalue weighted by molar-refractivity contribution is 7.10. The molecule has 1 unspecified atom stereocenters. The fourth-order valence-corrected chi connectivity index (χ4v) is 2.71. The van der Waals surface area contributed by atoms with Crippen LogP contribution in [0.2, 0.25) is 0 Å². The molecule has 1 heterocycles. The Kier molecular flexibility index (Phi) is 3.90. The number of rotatable bonds is 4. The van der Waals surface area contributed by atoms with Crippen molar-refractivity contribution < 1.29 is 0 Å². The minimum absolute atomic E-state index is 0.301. The summed E-state index contributed by atoms with van der Waals surface area (Å²) in [5.74, 6) is 6.08. The second-order valence-corrected chi connectivity index (χ2v) is 4.50. The molecule has 0 saturated carbocycles. The van der Waals surface area contributed by atoms with Crippen molar-refractivity contribution in [2.24, 2.45) is 11.8 Å². The fourth-order valence-electron chi connectivity index (χ4n) is 1.48. The molecule has 3 heteroatoms. The second-order valence-electron chi connectivity index (χ2n) is 3.55. The van der Waals surface area contributed by atoms with Gasteiger partial charge in [-0.3, -0.25) is 11.3 Å². The highest BCUT2D eigenvalue weighted by Crippen LogP contribution is 2.29. The molecule has 1 aromatic heterocycles. The van der Waals surface area contributed by atoms with Gasteiger partial charge in [-0.1, -0.05) is 20.8 Å². The molecule has 0 radical (unpaired) electrons. The van der Waals surface area contributed by atoms with Gasteiger partial charge in [-0.2, -0.15) is 0 Å². The number of hydrazine groups is 1. The third-order valence-corrected chi connectivity index (χ3v) is 3.33. The first kappa shape index (κ1) is 10.7. The van der Waals surface area contributed by atoms with Crippen molar-refractivity contribution in [3.63, 3.8) is 0 Å². The predicted octanol–water partition coefficient (Wildman–Crippen LogP) is 2.47. The maximum atomic E-state index is 5.55. The van der Waals surface area contributed by atoms with Gasteiger partial charge in [0, 0.05) is 4.88 Å². The minimum atomic E-state index is 0.301. The van der Waals surface area contributed by atoms with Crippen LogP contribution in [0.3, 0.4) is 0 Å². The van der Waals surface area contributed by atoms with Gasteiger partial charge in [-0.25, -0.2) is 0 Å². The molecule has 74 valence electrons. The van der Waals surface area contributed by atoms with Crippen molar-refractivity contribution >= 4 is 11.3 Å². The van der Waals surface area contributed by atoms with E-state index in [2.05, 4.69) is 37.6 Å². The molecule has 0 spiro atoms. The molecule has 0 saturated heterocycles. The summed E-state index contributed by atoms with van der Waals surface area (Å²) in [6.07, 6.45) is 1.09. The van der Waals surface area contributed by atoms with Crippen LogP contribution < -0.4 is 11.3 Å². The molecule has 2 nitrogen and oxygen atoms in total. The Labute approximate surface area is 84.1 Å². The smallest absolute Gasteiger partial charge is 0.0578 e. The SMILES string of the molecule is CCc1ccsc1C(NN)C(C)C. The summed E-state index contributed by atoms with van der Waals surface area (Å²) in [6, 6.07) is 2.49.